The fourth-order valence-corrected chi connectivity index (χ4v) is 1.47. The molecule has 15 heavy (non-hydrogen) atoms. The molecule has 3 heteroatoms. The topological polar surface area (TPSA) is 55.1 Å². The Morgan fingerprint density at radius 1 is 1.53 bits per heavy atom. The summed E-state index contributed by atoms with van der Waals surface area (Å²) in [6.45, 7) is 4.41. The van der Waals surface area contributed by atoms with Crippen molar-refractivity contribution in [1.82, 2.24) is 5.32 Å². The first-order valence-corrected chi connectivity index (χ1v) is 5.19. The van der Waals surface area contributed by atoms with Crippen LogP contribution in [0.2, 0.25) is 0 Å². The lowest BCUT2D eigenvalue weighted by molar-refractivity contribution is -0.121. The number of carbonyl (C=O) groups excluding carboxylic acids is 1. The zero-order valence-corrected chi connectivity index (χ0v) is 9.29. The molecule has 0 unspecified atom stereocenters. The van der Waals surface area contributed by atoms with Gasteiger partial charge < -0.3 is 11.1 Å². The molecule has 3 N–H and O–H groups in total. The number of hydrogen-bond donors (Lipinski definition) is 2. The van der Waals surface area contributed by atoms with Crippen LogP contribution in [0.25, 0.3) is 0 Å². The number of carbonyl (C=O) groups is 1. The predicted octanol–water partition coefficient (Wildman–Crippen LogP) is 1.52. The molecule has 0 saturated carbocycles. The van der Waals surface area contributed by atoms with Gasteiger partial charge in [-0.3, -0.25) is 4.79 Å². The molecular weight excluding hydrogens is 188 g/mol. The fraction of sp³-hybridized carbons (Fsp3) is 0.417. The Labute approximate surface area is 90.7 Å². The second-order valence-electron chi connectivity index (χ2n) is 3.74. The molecule has 0 aromatic heterocycles. The Morgan fingerprint density at radius 3 is 2.87 bits per heavy atom. The van der Waals surface area contributed by atoms with Gasteiger partial charge in [-0.05, 0) is 19.4 Å². The molecule has 0 saturated heterocycles. The number of hydrogen-bond acceptors (Lipinski definition) is 2. The Kier molecular flexibility index (Phi) is 4.31. The highest BCUT2D eigenvalue weighted by atomic mass is 16.1. The van der Waals surface area contributed by atoms with Crippen LogP contribution in [0.4, 0.5) is 0 Å². The van der Waals surface area contributed by atoms with Crippen LogP contribution in [-0.2, 0) is 4.79 Å². The molecule has 82 valence electrons. The second-order valence-corrected chi connectivity index (χ2v) is 3.74. The number of nitrogens with two attached hydrogens (primary N) is 1. The average molecular weight is 206 g/mol. The van der Waals surface area contributed by atoms with E-state index in [9.17, 15) is 4.79 Å². The summed E-state index contributed by atoms with van der Waals surface area (Å²) in [4.78, 5) is 11.3. The quantitative estimate of drug-likeness (QED) is 0.784. The summed E-state index contributed by atoms with van der Waals surface area (Å²) in [5, 5.41) is 2.91. The van der Waals surface area contributed by atoms with Gasteiger partial charge in [0.05, 0.1) is 6.04 Å². The molecule has 1 aromatic rings. The summed E-state index contributed by atoms with van der Waals surface area (Å²) in [7, 11) is 0. The Hall–Kier alpha value is -1.35. The fourth-order valence-electron chi connectivity index (χ4n) is 1.47. The maximum Gasteiger partial charge on any atom is 0.221 e. The molecule has 0 spiro atoms. The monoisotopic (exact) mass is 206 g/mol. The maximum atomic E-state index is 11.3. The molecular formula is C12H18N2O. The number of nitrogens with one attached hydrogen (secondary N) is 1. The van der Waals surface area contributed by atoms with Crippen LogP contribution in [0.3, 0.4) is 0 Å². The Bertz CT molecular complexity index is 336. The molecule has 0 aliphatic heterocycles. The van der Waals surface area contributed by atoms with E-state index in [0.29, 0.717) is 13.0 Å². The highest BCUT2D eigenvalue weighted by molar-refractivity contribution is 5.76. The van der Waals surface area contributed by atoms with Crippen molar-refractivity contribution in [2.75, 3.05) is 6.54 Å². The highest BCUT2D eigenvalue weighted by Crippen LogP contribution is 2.13. The summed E-state index contributed by atoms with van der Waals surface area (Å²) in [5.41, 5.74) is 7.63. The first-order chi connectivity index (χ1) is 7.13. The molecule has 0 radical (unpaired) electrons. The van der Waals surface area contributed by atoms with E-state index in [1.54, 1.807) is 0 Å². The van der Waals surface area contributed by atoms with Gasteiger partial charge in [0.2, 0.25) is 5.91 Å². The van der Waals surface area contributed by atoms with E-state index in [0.717, 1.165) is 5.56 Å². The van der Waals surface area contributed by atoms with Crippen molar-refractivity contribution in [3.63, 3.8) is 0 Å². The minimum Gasteiger partial charge on any atom is -0.350 e. The molecule has 1 atom stereocenters. The minimum absolute atomic E-state index is 0.00602. The zero-order chi connectivity index (χ0) is 11.3. The summed E-state index contributed by atoms with van der Waals surface area (Å²) >= 11 is 0. The van der Waals surface area contributed by atoms with Gasteiger partial charge in [0, 0.05) is 13.0 Å². The maximum absolute atomic E-state index is 11.3. The summed E-state index contributed by atoms with van der Waals surface area (Å²) in [6.07, 6.45) is 0.385. The van der Waals surface area contributed by atoms with Crippen molar-refractivity contribution in [2.45, 2.75) is 26.3 Å². The van der Waals surface area contributed by atoms with Gasteiger partial charge in [-0.25, -0.2) is 0 Å². The van der Waals surface area contributed by atoms with Gasteiger partial charge in [0.15, 0.2) is 0 Å². The smallest absolute Gasteiger partial charge is 0.221 e. The van der Waals surface area contributed by atoms with E-state index in [4.69, 9.17) is 5.73 Å². The molecule has 0 bridgehead atoms. The largest absolute Gasteiger partial charge is 0.350 e. The lowest BCUT2D eigenvalue weighted by atomic mass is 10.1. The van der Waals surface area contributed by atoms with E-state index >= 15 is 0 Å². The molecule has 1 aromatic carbocycles. The van der Waals surface area contributed by atoms with Crippen molar-refractivity contribution in [2.24, 2.45) is 5.73 Å². The predicted molar refractivity (Wildman–Crippen MR) is 61.4 cm³/mol. The normalized spacial score (nSPS) is 12.2. The third-order valence-electron chi connectivity index (χ3n) is 2.29. The minimum atomic E-state index is 0.00602. The zero-order valence-electron chi connectivity index (χ0n) is 9.29. The van der Waals surface area contributed by atoms with Crippen LogP contribution in [0.1, 0.15) is 30.5 Å². The molecule has 0 aliphatic carbocycles. The van der Waals surface area contributed by atoms with Crippen LogP contribution < -0.4 is 11.1 Å². The molecule has 0 fully saturated rings. The standard InChI is InChI=1S/C12H18N2O/c1-9-4-3-5-11(8-9)10(2)14-12(15)6-7-13/h3-5,8,10H,6-7,13H2,1-2H3,(H,14,15)/t10-/m0/s1. The van der Waals surface area contributed by atoms with Crippen molar-refractivity contribution >= 4 is 5.91 Å². The van der Waals surface area contributed by atoms with Crippen LogP contribution in [0, 0.1) is 6.92 Å². The van der Waals surface area contributed by atoms with Gasteiger partial charge >= 0.3 is 0 Å². The SMILES string of the molecule is Cc1cccc([C@H](C)NC(=O)CCN)c1. The molecule has 0 aliphatic rings. The first-order valence-electron chi connectivity index (χ1n) is 5.19. The van der Waals surface area contributed by atoms with Crippen molar-refractivity contribution in [1.29, 1.82) is 0 Å². The number of rotatable bonds is 4. The Morgan fingerprint density at radius 2 is 2.27 bits per heavy atom. The van der Waals surface area contributed by atoms with Crippen LogP contribution in [0.15, 0.2) is 24.3 Å². The van der Waals surface area contributed by atoms with Crippen LogP contribution in [0.5, 0.6) is 0 Å². The summed E-state index contributed by atoms with van der Waals surface area (Å²) in [6, 6.07) is 8.17. The van der Waals surface area contributed by atoms with Gasteiger partial charge in [-0.1, -0.05) is 29.8 Å². The van der Waals surface area contributed by atoms with Crippen LogP contribution in [-0.4, -0.2) is 12.5 Å². The van der Waals surface area contributed by atoms with Gasteiger partial charge in [0.1, 0.15) is 0 Å². The second kappa shape index (κ2) is 5.51. The van der Waals surface area contributed by atoms with Crippen molar-refractivity contribution in [3.8, 4) is 0 Å². The van der Waals surface area contributed by atoms with Gasteiger partial charge in [-0.15, -0.1) is 0 Å². The number of aryl methyl sites for hydroxylation is 1. The van der Waals surface area contributed by atoms with E-state index in [2.05, 4.69) is 11.4 Å². The number of amides is 1. The Balaban J connectivity index is 2.60. The molecule has 1 rings (SSSR count). The van der Waals surface area contributed by atoms with Gasteiger partial charge in [0.25, 0.3) is 0 Å². The third-order valence-corrected chi connectivity index (χ3v) is 2.29. The van der Waals surface area contributed by atoms with E-state index in [1.807, 2.05) is 32.0 Å². The molecule has 0 heterocycles. The number of benzene rings is 1. The lowest BCUT2D eigenvalue weighted by Gasteiger charge is -2.14. The van der Waals surface area contributed by atoms with E-state index in [1.165, 1.54) is 5.56 Å². The van der Waals surface area contributed by atoms with E-state index < -0.39 is 0 Å². The first kappa shape index (κ1) is 11.7. The molecule has 1 amide bonds. The summed E-state index contributed by atoms with van der Waals surface area (Å²) in [5.74, 6) is 0.00602. The highest BCUT2D eigenvalue weighted by Gasteiger charge is 2.08. The summed E-state index contributed by atoms with van der Waals surface area (Å²) < 4.78 is 0. The average Bonchev–Trinajstić information content (AvgIpc) is 2.18. The lowest BCUT2D eigenvalue weighted by Crippen LogP contribution is -2.28. The van der Waals surface area contributed by atoms with Crippen LogP contribution >= 0.6 is 0 Å². The van der Waals surface area contributed by atoms with E-state index in [-0.39, 0.29) is 11.9 Å². The molecule has 3 nitrogen and oxygen atoms in total. The third kappa shape index (κ3) is 3.72. The van der Waals surface area contributed by atoms with Gasteiger partial charge in [-0.2, -0.15) is 0 Å². The van der Waals surface area contributed by atoms with Crippen molar-refractivity contribution < 1.29 is 4.79 Å². The van der Waals surface area contributed by atoms with Crippen molar-refractivity contribution in [3.05, 3.63) is 35.4 Å².